The van der Waals surface area contributed by atoms with Gasteiger partial charge in [0.1, 0.15) is 0 Å². The molecule has 1 aliphatic heterocycles. The molecule has 1 atom stereocenters. The van der Waals surface area contributed by atoms with Crippen LogP contribution in [0.15, 0.2) is 21.9 Å². The second-order valence-electron chi connectivity index (χ2n) is 5.64. The molecule has 0 radical (unpaired) electrons. The fourth-order valence-electron chi connectivity index (χ4n) is 2.54. The van der Waals surface area contributed by atoms with Crippen LogP contribution in [0.3, 0.4) is 0 Å². The SMILES string of the molecule is C[C@]1(C#N)CCCN(C(=O)CCn2ccc(=O)[nH]c2=O)C1. The van der Waals surface area contributed by atoms with Crippen molar-refractivity contribution >= 4 is 5.91 Å². The summed E-state index contributed by atoms with van der Waals surface area (Å²) >= 11 is 0. The first-order valence-electron chi connectivity index (χ1n) is 6.92. The van der Waals surface area contributed by atoms with Gasteiger partial charge in [0.25, 0.3) is 5.56 Å². The van der Waals surface area contributed by atoms with Gasteiger partial charge in [-0.05, 0) is 19.8 Å². The number of nitriles is 1. The number of carbonyl (C=O) groups is 1. The Morgan fingerprint density at radius 3 is 2.95 bits per heavy atom. The molecule has 1 amide bonds. The molecular weight excluding hydrogens is 272 g/mol. The highest BCUT2D eigenvalue weighted by Crippen LogP contribution is 2.28. The van der Waals surface area contributed by atoms with E-state index in [1.54, 1.807) is 4.90 Å². The fraction of sp³-hybridized carbons (Fsp3) is 0.571. The van der Waals surface area contributed by atoms with E-state index in [1.807, 2.05) is 6.92 Å². The van der Waals surface area contributed by atoms with Gasteiger partial charge in [-0.3, -0.25) is 14.6 Å². The maximum atomic E-state index is 12.2. The van der Waals surface area contributed by atoms with E-state index in [0.29, 0.717) is 13.1 Å². The molecule has 0 bridgehead atoms. The Morgan fingerprint density at radius 2 is 2.29 bits per heavy atom. The van der Waals surface area contributed by atoms with E-state index in [-0.39, 0.29) is 18.9 Å². The van der Waals surface area contributed by atoms with E-state index in [1.165, 1.54) is 16.8 Å². The number of rotatable bonds is 3. The average Bonchev–Trinajstić information content (AvgIpc) is 2.46. The minimum Gasteiger partial charge on any atom is -0.341 e. The molecule has 1 N–H and O–H groups in total. The molecule has 7 nitrogen and oxygen atoms in total. The van der Waals surface area contributed by atoms with Crippen molar-refractivity contribution in [1.29, 1.82) is 5.26 Å². The highest BCUT2D eigenvalue weighted by molar-refractivity contribution is 5.76. The summed E-state index contributed by atoms with van der Waals surface area (Å²) in [6.45, 7) is 3.16. The number of H-pyrrole nitrogens is 1. The summed E-state index contributed by atoms with van der Waals surface area (Å²) in [6, 6.07) is 3.51. The van der Waals surface area contributed by atoms with Gasteiger partial charge in [-0.25, -0.2) is 4.79 Å². The van der Waals surface area contributed by atoms with Crippen molar-refractivity contribution in [2.75, 3.05) is 13.1 Å². The summed E-state index contributed by atoms with van der Waals surface area (Å²) < 4.78 is 1.30. The first-order valence-corrected chi connectivity index (χ1v) is 6.92. The topological polar surface area (TPSA) is 99.0 Å². The van der Waals surface area contributed by atoms with Gasteiger partial charge in [-0.1, -0.05) is 0 Å². The van der Waals surface area contributed by atoms with E-state index in [2.05, 4.69) is 11.1 Å². The normalized spacial score (nSPS) is 21.8. The van der Waals surface area contributed by atoms with E-state index in [4.69, 9.17) is 5.26 Å². The van der Waals surface area contributed by atoms with Crippen molar-refractivity contribution < 1.29 is 4.79 Å². The zero-order valence-corrected chi connectivity index (χ0v) is 12.0. The molecule has 1 fully saturated rings. The number of hydrogen-bond donors (Lipinski definition) is 1. The summed E-state index contributed by atoms with van der Waals surface area (Å²) in [6.07, 6.45) is 3.17. The van der Waals surface area contributed by atoms with Crippen molar-refractivity contribution in [3.05, 3.63) is 33.1 Å². The highest BCUT2D eigenvalue weighted by Gasteiger charge is 2.32. The van der Waals surface area contributed by atoms with Gasteiger partial charge in [-0.2, -0.15) is 5.26 Å². The molecule has 1 aromatic heterocycles. The molecule has 1 aliphatic rings. The van der Waals surface area contributed by atoms with Crippen molar-refractivity contribution in [3.8, 4) is 6.07 Å². The lowest BCUT2D eigenvalue weighted by molar-refractivity contribution is -0.133. The zero-order chi connectivity index (χ0) is 15.5. The second kappa shape index (κ2) is 5.95. The minimum atomic E-state index is -0.518. The van der Waals surface area contributed by atoms with Crippen molar-refractivity contribution in [2.24, 2.45) is 5.41 Å². The van der Waals surface area contributed by atoms with Gasteiger partial charge in [0, 0.05) is 38.3 Å². The highest BCUT2D eigenvalue weighted by atomic mass is 16.2. The number of carbonyl (C=O) groups excluding carboxylic acids is 1. The number of nitrogens with zero attached hydrogens (tertiary/aromatic N) is 3. The lowest BCUT2D eigenvalue weighted by atomic mass is 9.83. The van der Waals surface area contributed by atoms with Crippen LogP contribution in [-0.2, 0) is 11.3 Å². The third-order valence-electron chi connectivity index (χ3n) is 3.78. The molecule has 1 saturated heterocycles. The monoisotopic (exact) mass is 290 g/mol. The molecule has 1 aromatic rings. The van der Waals surface area contributed by atoms with Crippen LogP contribution in [0, 0.1) is 16.7 Å². The fourth-order valence-corrected chi connectivity index (χ4v) is 2.54. The quantitative estimate of drug-likeness (QED) is 0.852. The van der Waals surface area contributed by atoms with Crippen LogP contribution in [0.25, 0.3) is 0 Å². The van der Waals surface area contributed by atoms with Crippen LogP contribution < -0.4 is 11.2 Å². The van der Waals surface area contributed by atoms with Gasteiger partial charge in [-0.15, -0.1) is 0 Å². The number of aromatic nitrogens is 2. The van der Waals surface area contributed by atoms with Crippen LogP contribution in [0.5, 0.6) is 0 Å². The largest absolute Gasteiger partial charge is 0.341 e. The van der Waals surface area contributed by atoms with Crippen LogP contribution in [0.1, 0.15) is 26.2 Å². The smallest absolute Gasteiger partial charge is 0.328 e. The van der Waals surface area contributed by atoms with Crippen LogP contribution >= 0.6 is 0 Å². The molecule has 2 heterocycles. The maximum absolute atomic E-state index is 12.2. The van der Waals surface area contributed by atoms with Crippen molar-refractivity contribution in [2.45, 2.75) is 32.7 Å². The van der Waals surface area contributed by atoms with Crippen LogP contribution in [0.2, 0.25) is 0 Å². The molecule has 0 saturated carbocycles. The van der Waals surface area contributed by atoms with Crippen molar-refractivity contribution in [1.82, 2.24) is 14.5 Å². The molecule has 2 rings (SSSR count). The molecule has 0 unspecified atom stereocenters. The van der Waals surface area contributed by atoms with E-state index >= 15 is 0 Å². The molecule has 7 heteroatoms. The second-order valence-corrected chi connectivity index (χ2v) is 5.64. The summed E-state index contributed by atoms with van der Waals surface area (Å²) in [7, 11) is 0. The summed E-state index contributed by atoms with van der Waals surface area (Å²) in [5.41, 5.74) is -1.46. The van der Waals surface area contributed by atoms with Crippen molar-refractivity contribution in [3.63, 3.8) is 0 Å². The molecule has 0 aromatic carbocycles. The Balaban J connectivity index is 1.97. The predicted octanol–water partition coefficient (Wildman–Crippen LogP) is 0.0790. The molecule has 0 spiro atoms. The van der Waals surface area contributed by atoms with E-state index in [9.17, 15) is 14.4 Å². The number of piperidine rings is 1. The van der Waals surface area contributed by atoms with Gasteiger partial charge in [0.2, 0.25) is 5.91 Å². The van der Waals surface area contributed by atoms with Gasteiger partial charge >= 0.3 is 5.69 Å². The lowest BCUT2D eigenvalue weighted by Gasteiger charge is -2.36. The van der Waals surface area contributed by atoms with Gasteiger partial charge < -0.3 is 9.47 Å². The average molecular weight is 290 g/mol. The molecule has 21 heavy (non-hydrogen) atoms. The van der Waals surface area contributed by atoms with Gasteiger partial charge in [0.15, 0.2) is 0 Å². The lowest BCUT2D eigenvalue weighted by Crippen LogP contribution is -2.44. The third-order valence-corrected chi connectivity index (χ3v) is 3.78. The Bertz CT molecular complexity index is 684. The first-order chi connectivity index (χ1) is 9.93. The number of aryl methyl sites for hydroxylation is 1. The Labute approximate surface area is 121 Å². The van der Waals surface area contributed by atoms with Crippen LogP contribution in [0.4, 0.5) is 0 Å². The molecule has 112 valence electrons. The maximum Gasteiger partial charge on any atom is 0.328 e. The molecule has 0 aliphatic carbocycles. The Morgan fingerprint density at radius 1 is 1.52 bits per heavy atom. The Kier molecular flexibility index (Phi) is 4.26. The zero-order valence-electron chi connectivity index (χ0n) is 12.0. The number of nitrogens with one attached hydrogen (secondary N) is 1. The number of hydrogen-bond acceptors (Lipinski definition) is 4. The summed E-state index contributed by atoms with van der Waals surface area (Å²) in [4.78, 5) is 38.5. The van der Waals surface area contributed by atoms with Crippen LogP contribution in [-0.4, -0.2) is 33.4 Å². The van der Waals surface area contributed by atoms with E-state index in [0.717, 1.165) is 12.8 Å². The Hall–Kier alpha value is -2.36. The third kappa shape index (κ3) is 3.60. The van der Waals surface area contributed by atoms with E-state index < -0.39 is 16.7 Å². The molecular formula is C14H18N4O3. The number of amides is 1. The van der Waals surface area contributed by atoms with Gasteiger partial charge in [0.05, 0.1) is 11.5 Å². The number of likely N-dealkylation sites (tertiary alicyclic amines) is 1. The number of aromatic amines is 1. The summed E-state index contributed by atoms with van der Waals surface area (Å²) in [5.74, 6) is -0.0747. The summed E-state index contributed by atoms with van der Waals surface area (Å²) in [5, 5.41) is 9.15. The first kappa shape index (κ1) is 15.0. The standard InChI is InChI=1S/C14H18N4O3/c1-14(9-15)5-2-6-18(10-14)12(20)4-8-17-7-3-11(19)16-13(17)21/h3,7H,2,4-6,8,10H2,1H3,(H,16,19,21)/t14-/m1/s1. The predicted molar refractivity (Wildman–Crippen MR) is 75.5 cm³/mol. The minimum absolute atomic E-state index is 0.0747.